The Morgan fingerprint density at radius 3 is 2.52 bits per heavy atom. The first-order valence-electron chi connectivity index (χ1n) is 7.83. The topological polar surface area (TPSA) is 54.1 Å². The largest absolute Gasteiger partial charge is 0.379 e. The quantitative estimate of drug-likeness (QED) is 0.603. The average Bonchev–Trinajstić information content (AvgIpc) is 3.04. The molecule has 3 saturated heterocycles. The number of hydrogen-bond donors (Lipinski definition) is 1. The molecule has 120 valence electrons. The predicted molar refractivity (Wildman–Crippen MR) is 92.5 cm³/mol. The second-order valence-electron chi connectivity index (χ2n) is 5.90. The summed E-state index contributed by atoms with van der Waals surface area (Å²) >= 11 is 4.06. The van der Waals surface area contributed by atoms with Crippen LogP contribution in [0.25, 0.3) is 0 Å². The Morgan fingerprint density at radius 1 is 1.10 bits per heavy atom. The van der Waals surface area contributed by atoms with Crippen LogP contribution >= 0.6 is 23.5 Å². The standard InChI is InChI=1S/C14H26N4OS2/c15-13(17-4-9-20-10-5-17)16-11-14(1-8-21-12-14)18-2-6-19-7-3-18/h1-12H2,(H2,15,16). The summed E-state index contributed by atoms with van der Waals surface area (Å²) in [6, 6.07) is 0. The third kappa shape index (κ3) is 3.81. The summed E-state index contributed by atoms with van der Waals surface area (Å²) in [5, 5.41) is 0. The van der Waals surface area contributed by atoms with Crippen molar-refractivity contribution in [3.05, 3.63) is 0 Å². The van der Waals surface area contributed by atoms with Gasteiger partial charge < -0.3 is 15.4 Å². The van der Waals surface area contributed by atoms with Gasteiger partial charge in [-0.3, -0.25) is 9.89 Å². The van der Waals surface area contributed by atoms with Crippen LogP contribution in [0.2, 0.25) is 0 Å². The molecule has 3 aliphatic heterocycles. The molecule has 3 fully saturated rings. The van der Waals surface area contributed by atoms with E-state index >= 15 is 0 Å². The fraction of sp³-hybridized carbons (Fsp3) is 0.929. The highest BCUT2D eigenvalue weighted by atomic mass is 32.2. The van der Waals surface area contributed by atoms with Gasteiger partial charge in [-0.05, 0) is 12.2 Å². The van der Waals surface area contributed by atoms with Gasteiger partial charge in [-0.15, -0.1) is 0 Å². The molecule has 0 amide bonds. The van der Waals surface area contributed by atoms with Crippen molar-refractivity contribution in [2.24, 2.45) is 10.7 Å². The van der Waals surface area contributed by atoms with E-state index in [1.807, 2.05) is 11.8 Å². The van der Waals surface area contributed by atoms with Gasteiger partial charge in [0, 0.05) is 43.4 Å². The lowest BCUT2D eigenvalue weighted by Gasteiger charge is -2.42. The van der Waals surface area contributed by atoms with E-state index in [1.54, 1.807) is 0 Å². The molecule has 0 aromatic heterocycles. The van der Waals surface area contributed by atoms with Gasteiger partial charge in [0.15, 0.2) is 5.96 Å². The molecule has 21 heavy (non-hydrogen) atoms. The van der Waals surface area contributed by atoms with Crippen LogP contribution in [0.3, 0.4) is 0 Å². The number of morpholine rings is 1. The molecule has 0 aromatic rings. The van der Waals surface area contributed by atoms with Gasteiger partial charge >= 0.3 is 0 Å². The second-order valence-corrected chi connectivity index (χ2v) is 8.23. The zero-order valence-electron chi connectivity index (χ0n) is 12.6. The number of hydrogen-bond acceptors (Lipinski definition) is 5. The van der Waals surface area contributed by atoms with E-state index in [9.17, 15) is 0 Å². The van der Waals surface area contributed by atoms with Crippen LogP contribution < -0.4 is 5.73 Å². The van der Waals surface area contributed by atoms with Crippen LogP contribution in [0, 0.1) is 0 Å². The van der Waals surface area contributed by atoms with Gasteiger partial charge in [0.2, 0.25) is 0 Å². The van der Waals surface area contributed by atoms with Crippen molar-refractivity contribution in [3.63, 3.8) is 0 Å². The molecule has 1 atom stereocenters. The fourth-order valence-electron chi connectivity index (χ4n) is 3.23. The molecule has 1 unspecified atom stereocenters. The van der Waals surface area contributed by atoms with Gasteiger partial charge in [-0.25, -0.2) is 0 Å². The van der Waals surface area contributed by atoms with E-state index in [0.29, 0.717) is 0 Å². The van der Waals surface area contributed by atoms with Crippen LogP contribution in [-0.2, 0) is 4.74 Å². The van der Waals surface area contributed by atoms with E-state index in [0.717, 1.165) is 51.9 Å². The summed E-state index contributed by atoms with van der Waals surface area (Å²) in [6.07, 6.45) is 1.23. The van der Waals surface area contributed by atoms with Gasteiger partial charge in [-0.1, -0.05) is 0 Å². The number of aliphatic imine (C=N–C) groups is 1. The van der Waals surface area contributed by atoms with E-state index in [1.165, 1.54) is 29.4 Å². The highest BCUT2D eigenvalue weighted by Crippen LogP contribution is 2.34. The van der Waals surface area contributed by atoms with Crippen LogP contribution in [0.1, 0.15) is 6.42 Å². The van der Waals surface area contributed by atoms with Crippen molar-refractivity contribution in [3.8, 4) is 0 Å². The number of nitrogens with zero attached hydrogens (tertiary/aromatic N) is 3. The Morgan fingerprint density at radius 2 is 1.86 bits per heavy atom. The molecule has 0 bridgehead atoms. The lowest BCUT2D eigenvalue weighted by atomic mass is 9.96. The maximum Gasteiger partial charge on any atom is 0.191 e. The molecule has 5 nitrogen and oxygen atoms in total. The minimum atomic E-state index is 0.212. The third-order valence-electron chi connectivity index (χ3n) is 4.63. The Hall–Kier alpha value is -0.110. The SMILES string of the molecule is NC(=NCC1(N2CCOCC2)CCSC1)N1CCSCC1. The second kappa shape index (κ2) is 7.44. The molecular formula is C14H26N4OS2. The number of thioether (sulfide) groups is 2. The molecule has 0 radical (unpaired) electrons. The van der Waals surface area contributed by atoms with Crippen LogP contribution in [0.5, 0.6) is 0 Å². The number of guanidine groups is 1. The normalized spacial score (nSPS) is 32.6. The molecule has 3 aliphatic rings. The number of ether oxygens (including phenoxy) is 1. The minimum absolute atomic E-state index is 0.212. The Kier molecular flexibility index (Phi) is 5.59. The lowest BCUT2D eigenvalue weighted by molar-refractivity contribution is -0.0104. The maximum absolute atomic E-state index is 6.23. The Labute approximate surface area is 136 Å². The smallest absolute Gasteiger partial charge is 0.191 e. The molecular weight excluding hydrogens is 304 g/mol. The predicted octanol–water partition coefficient (Wildman–Crippen LogP) is 0.558. The van der Waals surface area contributed by atoms with Crippen molar-refractivity contribution < 1.29 is 4.74 Å². The molecule has 0 spiro atoms. The zero-order valence-corrected chi connectivity index (χ0v) is 14.3. The molecule has 3 heterocycles. The van der Waals surface area contributed by atoms with Crippen LogP contribution in [0.4, 0.5) is 0 Å². The summed E-state index contributed by atoms with van der Waals surface area (Å²) in [4.78, 5) is 9.63. The van der Waals surface area contributed by atoms with Gasteiger partial charge in [0.1, 0.15) is 0 Å². The molecule has 0 saturated carbocycles. The number of nitrogens with two attached hydrogens (primary N) is 1. The van der Waals surface area contributed by atoms with Gasteiger partial charge in [0.05, 0.1) is 25.3 Å². The number of rotatable bonds is 3. The third-order valence-corrected chi connectivity index (χ3v) is 6.81. The minimum Gasteiger partial charge on any atom is -0.379 e. The zero-order chi connectivity index (χ0) is 14.5. The summed E-state index contributed by atoms with van der Waals surface area (Å²) in [5.41, 5.74) is 6.44. The van der Waals surface area contributed by atoms with Crippen molar-refractivity contribution in [1.29, 1.82) is 0 Å². The Bertz CT molecular complexity index is 362. The first kappa shape index (κ1) is 15.8. The van der Waals surface area contributed by atoms with Gasteiger partial charge in [0.25, 0.3) is 0 Å². The van der Waals surface area contributed by atoms with Crippen LogP contribution in [-0.4, -0.2) is 90.2 Å². The van der Waals surface area contributed by atoms with Gasteiger partial charge in [-0.2, -0.15) is 23.5 Å². The maximum atomic E-state index is 6.23. The summed E-state index contributed by atoms with van der Waals surface area (Å²) in [6.45, 7) is 6.71. The first-order valence-corrected chi connectivity index (χ1v) is 10.1. The average molecular weight is 331 g/mol. The van der Waals surface area contributed by atoms with Crippen LogP contribution in [0.15, 0.2) is 4.99 Å². The van der Waals surface area contributed by atoms with Crippen molar-refractivity contribution >= 4 is 29.5 Å². The summed E-state index contributed by atoms with van der Waals surface area (Å²) < 4.78 is 5.51. The molecule has 3 rings (SSSR count). The van der Waals surface area contributed by atoms with E-state index < -0.39 is 0 Å². The van der Waals surface area contributed by atoms with Crippen molar-refractivity contribution in [1.82, 2.24) is 9.80 Å². The van der Waals surface area contributed by atoms with E-state index in [-0.39, 0.29) is 5.54 Å². The van der Waals surface area contributed by atoms with Crippen molar-refractivity contribution in [2.75, 3.05) is 68.9 Å². The van der Waals surface area contributed by atoms with Crippen molar-refractivity contribution in [2.45, 2.75) is 12.0 Å². The summed E-state index contributed by atoms with van der Waals surface area (Å²) in [7, 11) is 0. The highest BCUT2D eigenvalue weighted by molar-refractivity contribution is 7.99. The molecule has 2 N–H and O–H groups in total. The molecule has 7 heteroatoms. The fourth-order valence-corrected chi connectivity index (χ4v) is 5.60. The molecule has 0 aliphatic carbocycles. The summed E-state index contributed by atoms with van der Waals surface area (Å²) in [5.74, 6) is 5.51. The van der Waals surface area contributed by atoms with E-state index in [4.69, 9.17) is 15.5 Å². The lowest BCUT2D eigenvalue weighted by Crippen LogP contribution is -2.56. The molecule has 0 aromatic carbocycles. The van der Waals surface area contributed by atoms with E-state index in [2.05, 4.69) is 21.6 Å². The Balaban J connectivity index is 1.64. The highest BCUT2D eigenvalue weighted by Gasteiger charge is 2.40. The monoisotopic (exact) mass is 330 g/mol. The first-order chi connectivity index (χ1) is 10.3.